The third kappa shape index (κ3) is 4.29. The minimum Gasteiger partial charge on any atom is -0.388 e. The van der Waals surface area contributed by atoms with E-state index in [1.165, 1.54) is 6.33 Å². The lowest BCUT2D eigenvalue weighted by molar-refractivity contribution is -0.197. The van der Waals surface area contributed by atoms with Crippen molar-refractivity contribution in [3.8, 4) is 0 Å². The second-order valence-electron chi connectivity index (χ2n) is 9.34. The van der Waals surface area contributed by atoms with E-state index in [1.54, 1.807) is 6.33 Å². The third-order valence-corrected chi connectivity index (χ3v) is 6.94. The SMILES string of the molecule is C[C@]1(O)CC2(CCN(C(=O)[C@H](N)CCCCN)CC2)OC[C@@H]1n1cnc2c(N)ncnc21. The highest BCUT2D eigenvalue weighted by Crippen LogP contribution is 2.44. The molecule has 7 N–H and O–H groups in total. The van der Waals surface area contributed by atoms with Gasteiger partial charge in [-0.3, -0.25) is 4.79 Å². The van der Waals surface area contributed by atoms with Gasteiger partial charge in [-0.2, -0.15) is 0 Å². The van der Waals surface area contributed by atoms with Crippen LogP contribution in [0.4, 0.5) is 5.82 Å². The van der Waals surface area contributed by atoms with Crippen LogP contribution in [0.25, 0.3) is 11.2 Å². The average Bonchev–Trinajstić information content (AvgIpc) is 3.18. The second kappa shape index (κ2) is 8.89. The summed E-state index contributed by atoms with van der Waals surface area (Å²) in [6.45, 7) is 3.89. The van der Waals surface area contributed by atoms with Gasteiger partial charge in [-0.15, -0.1) is 0 Å². The van der Waals surface area contributed by atoms with Crippen LogP contribution in [-0.2, 0) is 9.53 Å². The molecule has 176 valence electrons. The molecule has 0 radical (unpaired) electrons. The topological polar surface area (TPSA) is 171 Å². The van der Waals surface area contributed by atoms with Crippen LogP contribution in [0.15, 0.2) is 12.7 Å². The van der Waals surface area contributed by atoms with Crippen LogP contribution in [0.1, 0.15) is 51.5 Å². The molecule has 0 aliphatic carbocycles. The van der Waals surface area contributed by atoms with Crippen LogP contribution >= 0.6 is 0 Å². The summed E-state index contributed by atoms with van der Waals surface area (Å²) in [5.41, 5.74) is 17.1. The van der Waals surface area contributed by atoms with Crippen molar-refractivity contribution >= 4 is 22.9 Å². The summed E-state index contributed by atoms with van der Waals surface area (Å²) in [6, 6.07) is -0.845. The number of fused-ring (bicyclic) bond motifs is 1. The minimum atomic E-state index is -1.05. The van der Waals surface area contributed by atoms with Gasteiger partial charge in [-0.25, -0.2) is 15.0 Å². The van der Waals surface area contributed by atoms with E-state index >= 15 is 0 Å². The van der Waals surface area contributed by atoms with Crippen LogP contribution in [0, 0.1) is 0 Å². The summed E-state index contributed by atoms with van der Waals surface area (Å²) >= 11 is 0. The normalized spacial score (nSPS) is 26.5. The molecule has 3 atom stereocenters. The van der Waals surface area contributed by atoms with Gasteiger partial charge in [0.2, 0.25) is 5.91 Å². The van der Waals surface area contributed by atoms with Crippen molar-refractivity contribution in [3.63, 3.8) is 0 Å². The number of anilines is 1. The molecule has 0 saturated carbocycles. The number of hydrogen-bond donors (Lipinski definition) is 4. The highest BCUT2D eigenvalue weighted by molar-refractivity contribution is 5.82. The van der Waals surface area contributed by atoms with Gasteiger partial charge in [0.25, 0.3) is 0 Å². The Bertz CT molecular complexity index is 954. The van der Waals surface area contributed by atoms with Crippen molar-refractivity contribution in [2.45, 2.75) is 68.7 Å². The number of nitrogens with zero attached hydrogens (tertiary/aromatic N) is 5. The van der Waals surface area contributed by atoms with Crippen LogP contribution in [-0.4, -0.2) is 78.9 Å². The van der Waals surface area contributed by atoms with Gasteiger partial charge in [0.05, 0.1) is 36.2 Å². The zero-order valence-corrected chi connectivity index (χ0v) is 18.6. The quantitative estimate of drug-likeness (QED) is 0.443. The molecule has 2 aromatic heterocycles. The molecule has 2 aromatic rings. The monoisotopic (exact) mass is 446 g/mol. The second-order valence-corrected chi connectivity index (χ2v) is 9.34. The van der Waals surface area contributed by atoms with Crippen LogP contribution in [0.3, 0.4) is 0 Å². The number of ether oxygens (including phenoxy) is 1. The molecule has 2 aliphatic rings. The van der Waals surface area contributed by atoms with E-state index in [-0.39, 0.29) is 11.9 Å². The summed E-state index contributed by atoms with van der Waals surface area (Å²) in [7, 11) is 0. The molecule has 2 saturated heterocycles. The van der Waals surface area contributed by atoms with Gasteiger partial charge in [0.15, 0.2) is 11.5 Å². The fourth-order valence-corrected chi connectivity index (χ4v) is 5.06. The number of aromatic nitrogens is 4. The maximum Gasteiger partial charge on any atom is 0.239 e. The Hall–Kier alpha value is -2.34. The number of nitrogens with two attached hydrogens (primary N) is 3. The van der Waals surface area contributed by atoms with Crippen LogP contribution < -0.4 is 17.2 Å². The van der Waals surface area contributed by atoms with Gasteiger partial charge in [0.1, 0.15) is 11.8 Å². The third-order valence-electron chi connectivity index (χ3n) is 6.94. The molecule has 4 heterocycles. The summed E-state index contributed by atoms with van der Waals surface area (Å²) in [5, 5.41) is 11.4. The first-order valence-corrected chi connectivity index (χ1v) is 11.3. The maximum atomic E-state index is 12.7. The number of rotatable bonds is 6. The van der Waals surface area contributed by atoms with E-state index in [2.05, 4.69) is 15.0 Å². The lowest BCUT2D eigenvalue weighted by Crippen LogP contribution is -2.59. The van der Waals surface area contributed by atoms with Crippen LogP contribution in [0.5, 0.6) is 0 Å². The predicted octanol–water partition coefficient (Wildman–Crippen LogP) is -0.0616. The summed E-state index contributed by atoms with van der Waals surface area (Å²) in [6.07, 6.45) is 7.18. The number of unbranched alkanes of at least 4 members (excludes halogenated alkanes) is 1. The molecule has 11 heteroatoms. The highest BCUT2D eigenvalue weighted by atomic mass is 16.5. The first kappa shape index (κ1) is 22.8. The Morgan fingerprint density at radius 1 is 1.31 bits per heavy atom. The first-order chi connectivity index (χ1) is 15.3. The van der Waals surface area contributed by atoms with Crippen molar-refractivity contribution in [2.24, 2.45) is 11.5 Å². The van der Waals surface area contributed by atoms with E-state index in [0.29, 0.717) is 68.9 Å². The zero-order valence-electron chi connectivity index (χ0n) is 18.6. The Balaban J connectivity index is 1.41. The molecular formula is C21H34N8O3. The fourth-order valence-electron chi connectivity index (χ4n) is 5.06. The van der Waals surface area contributed by atoms with Crippen molar-refractivity contribution in [1.29, 1.82) is 0 Å². The lowest BCUT2D eigenvalue weighted by atomic mass is 9.75. The van der Waals surface area contributed by atoms with Gasteiger partial charge >= 0.3 is 0 Å². The van der Waals surface area contributed by atoms with E-state index in [4.69, 9.17) is 21.9 Å². The number of hydrogen-bond acceptors (Lipinski definition) is 9. The van der Waals surface area contributed by atoms with Crippen LogP contribution in [0.2, 0.25) is 0 Å². The molecule has 1 amide bonds. The highest BCUT2D eigenvalue weighted by Gasteiger charge is 2.50. The number of likely N-dealkylation sites (tertiary alicyclic amines) is 1. The largest absolute Gasteiger partial charge is 0.388 e. The molecule has 11 nitrogen and oxygen atoms in total. The molecule has 4 rings (SSSR count). The number of nitrogen functional groups attached to an aromatic ring is 1. The van der Waals surface area contributed by atoms with E-state index in [1.807, 2.05) is 16.4 Å². The standard InChI is InChI=1S/C21H34N8O3/c1-20(31)11-21(5-8-28(9-6-21)19(30)14(23)4-2-3-7-22)32-10-15(20)29-13-27-16-17(24)25-12-26-18(16)29/h12-15,31H,2-11,22-23H2,1H3,(H2,24,25,26)/t14-,15+,20+/m1/s1. The summed E-state index contributed by atoms with van der Waals surface area (Å²) in [5.74, 6) is 0.291. The Kier molecular flexibility index (Phi) is 6.35. The number of carbonyl (C=O) groups is 1. The van der Waals surface area contributed by atoms with Crippen molar-refractivity contribution in [2.75, 3.05) is 32.0 Å². The Morgan fingerprint density at radius 3 is 2.75 bits per heavy atom. The van der Waals surface area contributed by atoms with Gasteiger partial charge in [-0.1, -0.05) is 6.42 Å². The van der Waals surface area contributed by atoms with E-state index < -0.39 is 17.2 Å². The predicted molar refractivity (Wildman–Crippen MR) is 119 cm³/mol. The first-order valence-electron chi connectivity index (χ1n) is 11.3. The Labute approximate surface area is 187 Å². The summed E-state index contributed by atoms with van der Waals surface area (Å²) < 4.78 is 8.18. The van der Waals surface area contributed by atoms with Gasteiger partial charge in [0, 0.05) is 19.5 Å². The number of piperidine rings is 1. The summed E-state index contributed by atoms with van der Waals surface area (Å²) in [4.78, 5) is 27.1. The minimum absolute atomic E-state index is 0.0144. The van der Waals surface area contributed by atoms with Gasteiger partial charge < -0.3 is 36.5 Å². The number of aliphatic hydroxyl groups is 1. The van der Waals surface area contributed by atoms with Crippen molar-refractivity contribution in [1.82, 2.24) is 24.4 Å². The maximum absolute atomic E-state index is 12.7. The number of amides is 1. The fraction of sp³-hybridized carbons (Fsp3) is 0.714. The number of carbonyl (C=O) groups excluding carboxylic acids is 1. The van der Waals surface area contributed by atoms with Gasteiger partial charge in [-0.05, 0) is 39.2 Å². The number of imidazole rings is 1. The van der Waals surface area contributed by atoms with E-state index in [9.17, 15) is 9.90 Å². The molecule has 32 heavy (non-hydrogen) atoms. The van der Waals surface area contributed by atoms with Crippen molar-refractivity contribution < 1.29 is 14.6 Å². The Morgan fingerprint density at radius 2 is 2.06 bits per heavy atom. The molecule has 1 spiro atoms. The molecule has 0 bridgehead atoms. The van der Waals surface area contributed by atoms with Crippen molar-refractivity contribution in [3.05, 3.63) is 12.7 Å². The van der Waals surface area contributed by atoms with E-state index in [0.717, 1.165) is 12.8 Å². The zero-order chi connectivity index (χ0) is 22.9. The molecule has 2 aliphatic heterocycles. The average molecular weight is 447 g/mol. The lowest BCUT2D eigenvalue weighted by Gasteiger charge is -2.51. The molecule has 0 aromatic carbocycles. The molecule has 0 unspecified atom stereocenters. The molecular weight excluding hydrogens is 412 g/mol. The smallest absolute Gasteiger partial charge is 0.239 e. The molecule has 2 fully saturated rings.